The summed E-state index contributed by atoms with van der Waals surface area (Å²) in [5.41, 5.74) is 1.90. The molecule has 0 atom stereocenters. The summed E-state index contributed by atoms with van der Waals surface area (Å²) >= 11 is 5.66. The summed E-state index contributed by atoms with van der Waals surface area (Å²) in [6.07, 6.45) is 9.32. The molecule has 0 unspecified atom stereocenters. The first-order valence-electron chi connectivity index (χ1n) is 15.3. The topological polar surface area (TPSA) is 128 Å². The van der Waals surface area contributed by atoms with Crippen LogP contribution >= 0.6 is 11.6 Å². The third kappa shape index (κ3) is 11.9. The summed E-state index contributed by atoms with van der Waals surface area (Å²) in [6.45, 7) is 6.19. The van der Waals surface area contributed by atoms with Crippen molar-refractivity contribution in [1.29, 1.82) is 0 Å². The van der Waals surface area contributed by atoms with Crippen molar-refractivity contribution in [2.45, 2.75) is 38.8 Å². The Morgan fingerprint density at radius 1 is 0.800 bits per heavy atom. The van der Waals surface area contributed by atoms with Gasteiger partial charge in [0.2, 0.25) is 0 Å². The van der Waals surface area contributed by atoms with Crippen LogP contribution in [0.5, 0.6) is 0 Å². The minimum absolute atomic E-state index is 0.228. The minimum atomic E-state index is -0.333. The number of alkyl halides is 1. The number of benzene rings is 1. The highest BCUT2D eigenvalue weighted by Crippen LogP contribution is 2.23. The van der Waals surface area contributed by atoms with E-state index in [9.17, 15) is 9.18 Å². The van der Waals surface area contributed by atoms with Crippen molar-refractivity contribution in [1.82, 2.24) is 29.3 Å². The number of imidazole rings is 1. The molecule has 0 aliphatic heterocycles. The van der Waals surface area contributed by atoms with Crippen LogP contribution in [0.2, 0.25) is 0 Å². The Hall–Kier alpha value is -3.20. The van der Waals surface area contributed by atoms with E-state index >= 15 is 0 Å². The van der Waals surface area contributed by atoms with E-state index in [1.54, 1.807) is 23.0 Å². The molecule has 14 heteroatoms. The van der Waals surface area contributed by atoms with Crippen molar-refractivity contribution >= 4 is 22.8 Å². The molecule has 0 bridgehead atoms. The molecule has 4 aromatic rings. The maximum absolute atomic E-state index is 13.4. The molecule has 4 rings (SSSR count). The summed E-state index contributed by atoms with van der Waals surface area (Å²) < 4.78 is 44.8. The molecule has 0 amide bonds. The van der Waals surface area contributed by atoms with Crippen LogP contribution in [0.4, 0.5) is 4.39 Å². The van der Waals surface area contributed by atoms with Gasteiger partial charge in [0.1, 0.15) is 11.6 Å². The van der Waals surface area contributed by atoms with Gasteiger partial charge >= 0.3 is 0 Å². The van der Waals surface area contributed by atoms with Gasteiger partial charge in [-0.2, -0.15) is 5.10 Å². The Morgan fingerprint density at radius 2 is 1.42 bits per heavy atom. The summed E-state index contributed by atoms with van der Waals surface area (Å²) in [4.78, 5) is 23.8. The first-order chi connectivity index (χ1) is 22.2. The summed E-state index contributed by atoms with van der Waals surface area (Å²) in [7, 11) is 0. The van der Waals surface area contributed by atoms with Crippen LogP contribution in [0.3, 0.4) is 0 Å². The largest absolute Gasteiger partial charge is 0.379 e. The van der Waals surface area contributed by atoms with Gasteiger partial charge in [0.05, 0.1) is 90.6 Å². The lowest BCUT2D eigenvalue weighted by molar-refractivity contribution is -0.0117. The summed E-state index contributed by atoms with van der Waals surface area (Å²) in [6, 6.07) is 6.18. The monoisotopic (exact) mass is 648 g/mol. The zero-order valence-corrected chi connectivity index (χ0v) is 26.3. The minimum Gasteiger partial charge on any atom is -0.379 e. The third-order valence-electron chi connectivity index (χ3n) is 6.81. The van der Waals surface area contributed by atoms with Crippen molar-refractivity contribution in [2.75, 3.05) is 71.9 Å². The second kappa shape index (κ2) is 20.0. The quantitative estimate of drug-likeness (QED) is 0.0884. The van der Waals surface area contributed by atoms with Gasteiger partial charge in [-0.1, -0.05) is 25.0 Å². The fourth-order valence-electron chi connectivity index (χ4n) is 4.48. The number of hydrogen-bond acceptors (Lipinski definition) is 9. The second-order valence-corrected chi connectivity index (χ2v) is 10.6. The number of halogens is 2. The van der Waals surface area contributed by atoms with E-state index < -0.39 is 0 Å². The molecule has 12 nitrogen and oxygen atoms in total. The molecule has 3 aromatic heterocycles. The van der Waals surface area contributed by atoms with Crippen LogP contribution in [0, 0.1) is 5.82 Å². The molecule has 0 radical (unpaired) electrons. The molecule has 0 saturated carbocycles. The lowest BCUT2D eigenvalue weighted by Gasteiger charge is -2.08. The number of nitrogens with zero attached hydrogens (tertiary/aromatic N) is 5. The molecule has 246 valence electrons. The number of hydrogen-bond donors (Lipinski definition) is 1. The molecular formula is C31H42ClFN6O6. The number of aromatic amines is 1. The fourth-order valence-corrected chi connectivity index (χ4v) is 4.67. The molecule has 0 aliphatic carbocycles. The van der Waals surface area contributed by atoms with E-state index in [0.29, 0.717) is 84.0 Å². The van der Waals surface area contributed by atoms with E-state index in [1.165, 1.54) is 18.5 Å². The van der Waals surface area contributed by atoms with Gasteiger partial charge in [-0.05, 0) is 30.5 Å². The molecule has 0 saturated heterocycles. The van der Waals surface area contributed by atoms with Crippen LogP contribution in [0.15, 0.2) is 47.8 Å². The molecule has 0 spiro atoms. The standard InChI is InChI=1S/C31H42ClFN6O6/c32-9-3-1-2-4-11-41-13-15-43-17-19-45-20-18-44-16-14-42-12-10-38-23-26(21-36-38)29-37-28-30(34-24-35-31(28)40)39(29)22-25-5-7-27(33)8-6-25/h5-8,21,23-24H,1-4,9-20,22H2,(H,34,35,40). The zero-order valence-electron chi connectivity index (χ0n) is 25.5. The van der Waals surface area contributed by atoms with Crippen molar-refractivity contribution < 1.29 is 28.1 Å². The SMILES string of the molecule is O=c1[nH]cnc2c1nc(-c1cnn(CCOCCOCCOCCOCCOCCCCCCCl)c1)n2Cc1ccc(F)cc1. The second-order valence-electron chi connectivity index (χ2n) is 10.2. The van der Waals surface area contributed by atoms with Crippen LogP contribution in [0.25, 0.3) is 22.6 Å². The molecule has 0 fully saturated rings. The third-order valence-corrected chi connectivity index (χ3v) is 7.08. The number of aromatic nitrogens is 6. The Morgan fingerprint density at radius 3 is 2.09 bits per heavy atom. The van der Waals surface area contributed by atoms with E-state index in [4.69, 9.17) is 35.3 Å². The summed E-state index contributed by atoms with van der Waals surface area (Å²) in [5, 5.41) is 4.42. The van der Waals surface area contributed by atoms with Crippen LogP contribution in [-0.4, -0.2) is 101 Å². The van der Waals surface area contributed by atoms with Gasteiger partial charge in [-0.25, -0.2) is 14.4 Å². The van der Waals surface area contributed by atoms with Crippen LogP contribution < -0.4 is 5.56 Å². The maximum Gasteiger partial charge on any atom is 0.278 e. The highest BCUT2D eigenvalue weighted by molar-refractivity contribution is 6.17. The van der Waals surface area contributed by atoms with E-state index in [1.807, 2.05) is 10.8 Å². The molecule has 0 aliphatic rings. The van der Waals surface area contributed by atoms with Crippen molar-refractivity contribution in [2.24, 2.45) is 0 Å². The Labute approximate surface area is 266 Å². The van der Waals surface area contributed by atoms with Crippen LogP contribution in [-0.2, 0) is 36.8 Å². The van der Waals surface area contributed by atoms with Gasteiger partial charge < -0.3 is 33.2 Å². The zero-order chi connectivity index (χ0) is 31.5. The summed E-state index contributed by atoms with van der Waals surface area (Å²) in [5.74, 6) is 0.959. The predicted octanol–water partition coefficient (Wildman–Crippen LogP) is 4.05. The van der Waals surface area contributed by atoms with Crippen LogP contribution in [0.1, 0.15) is 31.2 Å². The van der Waals surface area contributed by atoms with Gasteiger partial charge in [0.25, 0.3) is 5.56 Å². The van der Waals surface area contributed by atoms with Gasteiger partial charge in [-0.3, -0.25) is 9.48 Å². The smallest absolute Gasteiger partial charge is 0.278 e. The highest BCUT2D eigenvalue weighted by Gasteiger charge is 2.18. The molecule has 1 N–H and O–H groups in total. The Kier molecular flexibility index (Phi) is 15.4. The van der Waals surface area contributed by atoms with Gasteiger partial charge in [0, 0.05) is 18.7 Å². The Balaban J connectivity index is 1.07. The molecule has 45 heavy (non-hydrogen) atoms. The highest BCUT2D eigenvalue weighted by atomic mass is 35.5. The number of nitrogens with one attached hydrogen (secondary N) is 1. The number of rotatable bonds is 24. The average molecular weight is 649 g/mol. The Bertz CT molecular complexity index is 1450. The number of unbranched alkanes of at least 4 members (excludes halogenated alkanes) is 3. The molecular weight excluding hydrogens is 607 g/mol. The van der Waals surface area contributed by atoms with E-state index in [0.717, 1.165) is 49.3 Å². The van der Waals surface area contributed by atoms with Crippen molar-refractivity contribution in [3.8, 4) is 11.4 Å². The van der Waals surface area contributed by atoms with Crippen molar-refractivity contribution in [3.05, 3.63) is 64.7 Å². The lowest BCUT2D eigenvalue weighted by atomic mass is 10.2. The predicted molar refractivity (Wildman–Crippen MR) is 168 cm³/mol. The first-order valence-corrected chi connectivity index (χ1v) is 15.8. The fraction of sp³-hybridized carbons (Fsp3) is 0.548. The number of H-pyrrole nitrogens is 1. The molecule has 1 aromatic carbocycles. The average Bonchev–Trinajstić information content (AvgIpc) is 3.66. The van der Waals surface area contributed by atoms with E-state index in [-0.39, 0.29) is 16.9 Å². The number of ether oxygens (including phenoxy) is 5. The van der Waals surface area contributed by atoms with Crippen molar-refractivity contribution in [3.63, 3.8) is 0 Å². The maximum atomic E-state index is 13.4. The molecule has 3 heterocycles. The number of fused-ring (bicyclic) bond motifs is 1. The van der Waals surface area contributed by atoms with E-state index in [2.05, 4.69) is 20.1 Å². The lowest BCUT2D eigenvalue weighted by Crippen LogP contribution is -2.14. The van der Waals surface area contributed by atoms with Gasteiger partial charge in [-0.15, -0.1) is 11.6 Å². The first kappa shape index (κ1) is 34.7. The normalized spacial score (nSPS) is 11.6. The van der Waals surface area contributed by atoms with Gasteiger partial charge in [0.15, 0.2) is 11.2 Å².